The monoisotopic (exact) mass is 492 g/mol. The predicted molar refractivity (Wildman–Crippen MR) is 132 cm³/mol. The summed E-state index contributed by atoms with van der Waals surface area (Å²) in [5.41, 5.74) is 5.19. The summed E-state index contributed by atoms with van der Waals surface area (Å²) >= 11 is 1.55. The summed E-state index contributed by atoms with van der Waals surface area (Å²) < 4.78 is 9.34. The average Bonchev–Trinajstić information content (AvgIpc) is 3.41. The van der Waals surface area contributed by atoms with Gasteiger partial charge in [0, 0.05) is 42.0 Å². The van der Waals surface area contributed by atoms with Crippen molar-refractivity contribution in [1.29, 1.82) is 0 Å². The van der Waals surface area contributed by atoms with Crippen molar-refractivity contribution in [2.75, 3.05) is 18.2 Å². The van der Waals surface area contributed by atoms with Gasteiger partial charge in [0.1, 0.15) is 10.8 Å². The van der Waals surface area contributed by atoms with Crippen LogP contribution in [0.4, 0.5) is 10.7 Å². The van der Waals surface area contributed by atoms with Crippen molar-refractivity contribution < 1.29 is 14.6 Å². The molecule has 35 heavy (non-hydrogen) atoms. The Kier molecular flexibility index (Phi) is 6.12. The number of nitrogens with zero attached hydrogens (tertiary/aromatic N) is 7. The largest absolute Gasteiger partial charge is 0.496 e. The van der Waals surface area contributed by atoms with Crippen molar-refractivity contribution in [2.24, 2.45) is 0 Å². The van der Waals surface area contributed by atoms with Crippen LogP contribution in [0.1, 0.15) is 28.9 Å². The SMILES string of the molecule is COc1c(C)cnc(Cn2nc3c4c(nc(NC(=O)O)nc42)SCC(CCn2ccnc2)=C3)c1C. The van der Waals surface area contributed by atoms with E-state index in [2.05, 4.69) is 31.3 Å². The number of aryl methyl sites for hydroxylation is 2. The zero-order valence-corrected chi connectivity index (χ0v) is 20.3. The Morgan fingerprint density at radius 2 is 2.17 bits per heavy atom. The number of nitrogens with one attached hydrogen (secondary N) is 1. The number of pyridine rings is 1. The van der Waals surface area contributed by atoms with E-state index in [9.17, 15) is 9.90 Å². The van der Waals surface area contributed by atoms with Crippen LogP contribution in [0.2, 0.25) is 0 Å². The Balaban J connectivity index is 1.57. The maximum atomic E-state index is 11.3. The minimum atomic E-state index is -1.22. The van der Waals surface area contributed by atoms with E-state index in [1.54, 1.807) is 42.3 Å². The lowest BCUT2D eigenvalue weighted by Crippen LogP contribution is -2.12. The molecule has 0 spiro atoms. The second-order valence-corrected chi connectivity index (χ2v) is 9.18. The van der Waals surface area contributed by atoms with E-state index in [1.807, 2.05) is 24.6 Å². The van der Waals surface area contributed by atoms with Crippen molar-refractivity contribution in [3.63, 3.8) is 0 Å². The van der Waals surface area contributed by atoms with E-state index in [0.717, 1.165) is 52.4 Å². The molecular weight excluding hydrogens is 468 g/mol. The number of ether oxygens (including phenoxy) is 1. The molecule has 1 aliphatic rings. The van der Waals surface area contributed by atoms with E-state index in [0.29, 0.717) is 17.2 Å². The number of imidazole rings is 1. The number of hydrogen-bond donors (Lipinski definition) is 2. The van der Waals surface area contributed by atoms with Crippen molar-refractivity contribution in [3.8, 4) is 5.75 Å². The molecule has 11 nitrogen and oxygen atoms in total. The van der Waals surface area contributed by atoms with Crippen molar-refractivity contribution in [3.05, 3.63) is 53.0 Å². The van der Waals surface area contributed by atoms with Crippen LogP contribution in [0.25, 0.3) is 17.1 Å². The molecule has 0 aromatic carbocycles. The minimum absolute atomic E-state index is 0.0215. The average molecular weight is 493 g/mol. The number of carbonyl (C=O) groups is 1. The molecule has 1 aliphatic heterocycles. The second kappa shape index (κ2) is 9.37. The van der Waals surface area contributed by atoms with Crippen molar-refractivity contribution >= 4 is 40.9 Å². The lowest BCUT2D eigenvalue weighted by Gasteiger charge is -2.13. The van der Waals surface area contributed by atoms with E-state index in [-0.39, 0.29) is 5.95 Å². The van der Waals surface area contributed by atoms with Crippen LogP contribution < -0.4 is 10.1 Å². The van der Waals surface area contributed by atoms with Gasteiger partial charge in [-0.05, 0) is 26.3 Å². The van der Waals surface area contributed by atoms with Crippen LogP contribution in [-0.2, 0) is 13.1 Å². The van der Waals surface area contributed by atoms with Crippen LogP contribution in [0, 0.1) is 13.8 Å². The Hall–Kier alpha value is -3.93. The summed E-state index contributed by atoms with van der Waals surface area (Å²) in [7, 11) is 1.64. The van der Waals surface area contributed by atoms with Crippen LogP contribution in [0.5, 0.6) is 5.75 Å². The van der Waals surface area contributed by atoms with Gasteiger partial charge in [0.15, 0.2) is 5.65 Å². The first-order valence-electron chi connectivity index (χ1n) is 11.0. The standard InChI is InChI=1S/C23H24N8O3S/c1-13-9-25-17(14(2)19(13)34-3)10-31-20-18-16(29-31)8-15(4-6-30-7-5-24-12-30)11-35-21(18)27-22(26-20)28-23(32)33/h5,7-9,12H,4,6,10-11H2,1-3H3,(H,32,33)(H,26,27,28). The van der Waals surface area contributed by atoms with Gasteiger partial charge in [-0.3, -0.25) is 10.3 Å². The van der Waals surface area contributed by atoms with Gasteiger partial charge in [-0.15, -0.1) is 11.8 Å². The molecule has 0 atom stereocenters. The van der Waals surface area contributed by atoms with E-state index >= 15 is 0 Å². The molecule has 1 amide bonds. The number of anilines is 1. The predicted octanol–water partition coefficient (Wildman–Crippen LogP) is 3.76. The van der Waals surface area contributed by atoms with Crippen molar-refractivity contribution in [2.45, 2.75) is 38.4 Å². The third kappa shape index (κ3) is 4.56. The number of hydrogen-bond acceptors (Lipinski definition) is 8. The van der Waals surface area contributed by atoms with Gasteiger partial charge in [0.05, 0.1) is 36.8 Å². The summed E-state index contributed by atoms with van der Waals surface area (Å²) in [4.78, 5) is 29.0. The van der Waals surface area contributed by atoms with Crippen LogP contribution >= 0.6 is 11.8 Å². The first-order valence-corrected chi connectivity index (χ1v) is 12.0. The summed E-state index contributed by atoms with van der Waals surface area (Å²) in [5.74, 6) is 1.53. The zero-order valence-electron chi connectivity index (χ0n) is 19.5. The molecule has 0 radical (unpaired) electrons. The number of aromatic nitrogens is 7. The highest BCUT2D eigenvalue weighted by Gasteiger charge is 2.23. The Labute approximate surface area is 205 Å². The molecule has 2 N–H and O–H groups in total. The molecule has 0 bridgehead atoms. The van der Waals surface area contributed by atoms with E-state index < -0.39 is 6.09 Å². The summed E-state index contributed by atoms with van der Waals surface area (Å²) in [6.45, 7) is 5.07. The number of rotatable bonds is 7. The van der Waals surface area contributed by atoms with Gasteiger partial charge in [-0.25, -0.2) is 19.4 Å². The fourth-order valence-corrected chi connectivity index (χ4v) is 5.18. The Morgan fingerprint density at radius 1 is 1.31 bits per heavy atom. The highest BCUT2D eigenvalue weighted by Crippen LogP contribution is 2.36. The quantitative estimate of drug-likeness (QED) is 0.370. The van der Waals surface area contributed by atoms with Gasteiger partial charge in [-0.2, -0.15) is 10.1 Å². The highest BCUT2D eigenvalue weighted by molar-refractivity contribution is 7.99. The number of carboxylic acid groups (broad SMARTS) is 1. The summed E-state index contributed by atoms with van der Waals surface area (Å²) in [6.07, 6.45) is 8.97. The number of methoxy groups -OCH3 is 1. The normalized spacial score (nSPS) is 12.9. The fraction of sp³-hybridized carbons (Fsp3) is 0.304. The van der Waals surface area contributed by atoms with Crippen LogP contribution in [-0.4, -0.2) is 58.3 Å². The highest BCUT2D eigenvalue weighted by atomic mass is 32.2. The summed E-state index contributed by atoms with van der Waals surface area (Å²) in [6, 6.07) is 0. The summed E-state index contributed by atoms with van der Waals surface area (Å²) in [5, 5.41) is 17.9. The molecule has 4 aromatic heterocycles. The fourth-order valence-electron chi connectivity index (χ4n) is 4.14. The van der Waals surface area contributed by atoms with Crippen LogP contribution in [0.15, 0.2) is 35.5 Å². The molecule has 5 rings (SSSR count). The van der Waals surface area contributed by atoms with Crippen LogP contribution in [0.3, 0.4) is 0 Å². The molecule has 180 valence electrons. The smallest absolute Gasteiger partial charge is 0.411 e. The minimum Gasteiger partial charge on any atom is -0.496 e. The van der Waals surface area contributed by atoms with Gasteiger partial charge in [0.2, 0.25) is 5.95 Å². The third-order valence-electron chi connectivity index (χ3n) is 5.84. The second-order valence-electron chi connectivity index (χ2n) is 8.21. The van der Waals surface area contributed by atoms with Gasteiger partial charge in [0.25, 0.3) is 0 Å². The van der Waals surface area contributed by atoms with E-state index in [4.69, 9.17) is 9.84 Å². The first-order chi connectivity index (χ1) is 16.9. The zero-order chi connectivity index (χ0) is 24.5. The maximum Gasteiger partial charge on any atom is 0.411 e. The van der Waals surface area contributed by atoms with Crippen molar-refractivity contribution in [1.82, 2.24) is 34.3 Å². The molecule has 0 aliphatic carbocycles. The molecule has 0 saturated carbocycles. The molecule has 0 unspecified atom stereocenters. The topological polar surface area (TPSA) is 133 Å². The lowest BCUT2D eigenvalue weighted by atomic mass is 10.1. The Bertz CT molecular complexity index is 1450. The van der Waals surface area contributed by atoms with Gasteiger partial charge < -0.3 is 14.4 Å². The van der Waals surface area contributed by atoms with Gasteiger partial charge in [-0.1, -0.05) is 5.57 Å². The number of amides is 1. The number of thioether (sulfide) groups is 1. The lowest BCUT2D eigenvalue weighted by molar-refractivity contribution is 0.209. The third-order valence-corrected chi connectivity index (χ3v) is 6.92. The molecule has 12 heteroatoms. The maximum absolute atomic E-state index is 11.3. The molecular formula is C23H24N8O3S. The van der Waals surface area contributed by atoms with E-state index in [1.165, 1.54) is 5.57 Å². The molecule has 4 aromatic rings. The Morgan fingerprint density at radius 3 is 2.91 bits per heavy atom. The molecule has 5 heterocycles. The van der Waals surface area contributed by atoms with Gasteiger partial charge >= 0.3 is 6.09 Å². The first kappa shape index (κ1) is 22.8. The molecule has 0 saturated heterocycles. The molecule has 0 fully saturated rings.